The summed E-state index contributed by atoms with van der Waals surface area (Å²) in [5, 5.41) is 9.95. The van der Waals surface area contributed by atoms with Crippen LogP contribution in [0.3, 0.4) is 0 Å². The summed E-state index contributed by atoms with van der Waals surface area (Å²) >= 11 is 6.30. The fourth-order valence-electron chi connectivity index (χ4n) is 2.98. The molecule has 1 aromatic heterocycles. The second-order valence-corrected chi connectivity index (χ2v) is 10.4. The van der Waals surface area contributed by atoms with Crippen LogP contribution in [-0.4, -0.2) is 48.9 Å². The van der Waals surface area contributed by atoms with Crippen LogP contribution in [0.2, 0.25) is 0 Å². The molecular formula is C34H43ClF7N3O3. The molecule has 0 fully saturated rings. The van der Waals surface area contributed by atoms with Crippen LogP contribution in [-0.2, 0) is 4.74 Å². The first kappa shape index (κ1) is 44.0. The monoisotopic (exact) mass is 709 g/mol. The van der Waals surface area contributed by atoms with Gasteiger partial charge in [-0.1, -0.05) is 68.5 Å². The maximum atomic E-state index is 14.2. The first-order valence-corrected chi connectivity index (χ1v) is 15.0. The van der Waals surface area contributed by atoms with Gasteiger partial charge in [0.25, 0.3) is 5.88 Å². The molecule has 1 heterocycles. The van der Waals surface area contributed by atoms with Crippen molar-refractivity contribution in [2.75, 3.05) is 20.3 Å². The molecule has 0 aliphatic carbocycles. The predicted molar refractivity (Wildman–Crippen MR) is 176 cm³/mol. The van der Waals surface area contributed by atoms with E-state index in [1.165, 1.54) is 37.5 Å². The van der Waals surface area contributed by atoms with E-state index in [1.54, 1.807) is 26.8 Å². The zero-order chi connectivity index (χ0) is 37.1. The van der Waals surface area contributed by atoms with Gasteiger partial charge in [-0.15, -0.1) is 5.10 Å². The van der Waals surface area contributed by atoms with Gasteiger partial charge in [-0.2, -0.15) is 31.4 Å². The average Bonchev–Trinajstić information content (AvgIpc) is 3.03. The lowest BCUT2D eigenvalue weighted by Crippen LogP contribution is -2.23. The zero-order valence-corrected chi connectivity index (χ0v) is 28.8. The number of hydrogen-bond donors (Lipinski definition) is 1. The third-order valence-electron chi connectivity index (χ3n) is 6.27. The molecule has 0 aliphatic heterocycles. The van der Waals surface area contributed by atoms with Crippen LogP contribution >= 0.6 is 11.6 Å². The van der Waals surface area contributed by atoms with E-state index < -0.39 is 35.6 Å². The topological polar surface area (TPSA) is 65.5 Å². The van der Waals surface area contributed by atoms with Gasteiger partial charge in [-0.25, -0.2) is 4.39 Å². The van der Waals surface area contributed by atoms with Crippen LogP contribution < -0.4 is 14.8 Å². The molecule has 1 aromatic rings. The molecule has 48 heavy (non-hydrogen) atoms. The lowest BCUT2D eigenvalue weighted by Gasteiger charge is -2.19. The third kappa shape index (κ3) is 17.2. The van der Waals surface area contributed by atoms with Gasteiger partial charge in [0.15, 0.2) is 5.75 Å². The number of nitrogens with zero attached hydrogens (tertiary/aromatic N) is 2. The summed E-state index contributed by atoms with van der Waals surface area (Å²) in [4.78, 5) is 0. The van der Waals surface area contributed by atoms with Gasteiger partial charge in [-0.3, -0.25) is 0 Å². The van der Waals surface area contributed by atoms with Crippen molar-refractivity contribution >= 4 is 11.6 Å². The molecule has 1 unspecified atom stereocenters. The summed E-state index contributed by atoms with van der Waals surface area (Å²) in [6.45, 7) is 16.7. The highest BCUT2D eigenvalue weighted by atomic mass is 35.5. The summed E-state index contributed by atoms with van der Waals surface area (Å²) in [5.41, 5.74) is 0.0840. The summed E-state index contributed by atoms with van der Waals surface area (Å²) in [6, 6.07) is 1.52. The van der Waals surface area contributed by atoms with E-state index >= 15 is 0 Å². The average molecular weight is 710 g/mol. The van der Waals surface area contributed by atoms with Crippen LogP contribution in [0.5, 0.6) is 11.6 Å². The fourth-order valence-corrected chi connectivity index (χ4v) is 3.27. The molecule has 6 nitrogen and oxygen atoms in total. The summed E-state index contributed by atoms with van der Waals surface area (Å²) in [7, 11) is 1.25. The van der Waals surface area contributed by atoms with Gasteiger partial charge in [0, 0.05) is 18.7 Å². The Morgan fingerprint density at radius 1 is 1.04 bits per heavy atom. The van der Waals surface area contributed by atoms with Crippen molar-refractivity contribution in [2.45, 2.75) is 72.8 Å². The van der Waals surface area contributed by atoms with E-state index in [9.17, 15) is 30.7 Å². The molecular weight excluding hydrogens is 667 g/mol. The van der Waals surface area contributed by atoms with Crippen molar-refractivity contribution < 1.29 is 44.9 Å². The van der Waals surface area contributed by atoms with E-state index in [-0.39, 0.29) is 35.6 Å². The molecule has 14 heteroatoms. The Morgan fingerprint density at radius 3 is 2.19 bits per heavy atom. The number of allylic oxidation sites excluding steroid dienone is 10. The molecule has 0 aromatic carbocycles. The van der Waals surface area contributed by atoms with E-state index in [4.69, 9.17) is 25.8 Å². The minimum atomic E-state index is -4.41. The molecule has 0 radical (unpaired) electrons. The number of nitrogens with one attached hydrogen (secondary N) is 1. The van der Waals surface area contributed by atoms with Crippen LogP contribution in [0.4, 0.5) is 30.7 Å². The molecule has 0 saturated carbocycles. The standard InChI is InChI=1S/C26H31ClF4N2O3.C8H12F3N/c1-7-17(4)22(28)14-21(27)23(9-3)36-24-12-13-32-33-25(24)35-15-19(6)34-16-20(8-2)11-10-18(5)26(29,30)31;1-4-6(2)5-7(12-3)8(9,10)11/h8,10-14,23H,2,6-7,9,15-16H2,1,3-5H3;4-5,12H,1-3H3/b18-10+,20-11+,21-14+,22-17-;6-4+,7-5-. The van der Waals surface area contributed by atoms with Crippen LogP contribution in [0.15, 0.2) is 106 Å². The quantitative estimate of drug-likeness (QED) is 0.105. The van der Waals surface area contributed by atoms with Crippen molar-refractivity contribution in [2.24, 2.45) is 0 Å². The van der Waals surface area contributed by atoms with E-state index in [1.807, 2.05) is 13.8 Å². The van der Waals surface area contributed by atoms with Crippen molar-refractivity contribution in [3.8, 4) is 11.6 Å². The van der Waals surface area contributed by atoms with Gasteiger partial charge in [0.05, 0.1) is 11.2 Å². The third-order valence-corrected chi connectivity index (χ3v) is 6.63. The molecule has 1 N–H and O–H groups in total. The molecule has 0 aliphatic rings. The highest BCUT2D eigenvalue weighted by Crippen LogP contribution is 2.29. The molecule has 0 spiro atoms. The molecule has 0 saturated heterocycles. The Kier molecular flexibility index (Phi) is 20.0. The molecule has 0 amide bonds. The largest absolute Gasteiger partial charge is 0.490 e. The Hall–Kier alpha value is -4.00. The van der Waals surface area contributed by atoms with Crippen LogP contribution in [0.25, 0.3) is 0 Å². The van der Waals surface area contributed by atoms with Crippen LogP contribution in [0.1, 0.15) is 54.4 Å². The van der Waals surface area contributed by atoms with Crippen molar-refractivity contribution in [3.63, 3.8) is 0 Å². The molecule has 0 bridgehead atoms. The Bertz CT molecular complexity index is 1390. The Balaban J connectivity index is 0.00000155. The Labute approximate surface area is 283 Å². The van der Waals surface area contributed by atoms with Gasteiger partial charge in [0.2, 0.25) is 0 Å². The lowest BCUT2D eigenvalue weighted by molar-refractivity contribution is -0.0962. The minimum Gasteiger partial charge on any atom is -0.490 e. The van der Waals surface area contributed by atoms with E-state index in [0.717, 1.165) is 19.1 Å². The van der Waals surface area contributed by atoms with E-state index in [2.05, 4.69) is 28.7 Å². The zero-order valence-electron chi connectivity index (χ0n) is 28.1. The van der Waals surface area contributed by atoms with Crippen LogP contribution in [0, 0.1) is 0 Å². The number of aromatic nitrogens is 2. The molecule has 1 atom stereocenters. The minimum absolute atomic E-state index is 0.0362. The number of rotatable bonds is 16. The number of hydrogen-bond acceptors (Lipinski definition) is 6. The SMILES string of the molecule is C/C=C(C)/C=C(\NC)C(F)(F)F.C=C/C(=C\C=C(/C)C(F)(F)F)COC(=C)COc1nnccc1OC(CC)/C(Cl)=C\C(F)=C(/C)CC. The smallest absolute Gasteiger partial charge is 0.430 e. The van der Waals surface area contributed by atoms with Crippen molar-refractivity contribution in [1.29, 1.82) is 0 Å². The van der Waals surface area contributed by atoms with Gasteiger partial charge < -0.3 is 19.5 Å². The second-order valence-electron chi connectivity index (χ2n) is 9.97. The summed E-state index contributed by atoms with van der Waals surface area (Å²) in [5.74, 6) is 0.0313. The number of alkyl halides is 6. The summed E-state index contributed by atoms with van der Waals surface area (Å²) in [6.07, 6.45) is 0.550. The lowest BCUT2D eigenvalue weighted by atomic mass is 10.2. The maximum absolute atomic E-state index is 14.2. The van der Waals surface area contributed by atoms with Crippen molar-refractivity contribution in [1.82, 2.24) is 15.5 Å². The fraction of sp³-hybridized carbons (Fsp3) is 0.412. The first-order valence-electron chi connectivity index (χ1n) is 14.6. The molecule has 1 rings (SSSR count). The highest BCUT2D eigenvalue weighted by Gasteiger charge is 2.32. The van der Waals surface area contributed by atoms with Gasteiger partial charge in [-0.05, 0) is 63.8 Å². The highest BCUT2D eigenvalue weighted by molar-refractivity contribution is 6.30. The second kappa shape index (κ2) is 21.8. The molecule has 268 valence electrons. The summed E-state index contributed by atoms with van der Waals surface area (Å²) < 4.78 is 105. The normalized spacial score (nSPS) is 14.7. The maximum Gasteiger partial charge on any atom is 0.430 e. The first-order chi connectivity index (χ1) is 22.3. The number of halogens is 8. The number of ether oxygens (including phenoxy) is 3. The van der Waals surface area contributed by atoms with E-state index in [0.29, 0.717) is 29.6 Å². The van der Waals surface area contributed by atoms with Crippen molar-refractivity contribution in [3.05, 3.63) is 106 Å². The predicted octanol–water partition coefficient (Wildman–Crippen LogP) is 10.6. The van der Waals surface area contributed by atoms with Gasteiger partial charge in [0.1, 0.15) is 36.6 Å². The van der Waals surface area contributed by atoms with Gasteiger partial charge >= 0.3 is 12.4 Å². The Morgan fingerprint density at radius 2 is 1.69 bits per heavy atom.